The second kappa shape index (κ2) is 12.3. The molecule has 0 aliphatic rings. The number of amides is 1. The Bertz CT molecular complexity index is 1460. The summed E-state index contributed by atoms with van der Waals surface area (Å²) in [5.41, 5.74) is 2.98. The highest BCUT2D eigenvalue weighted by atomic mass is 32.3. The molecule has 0 saturated heterocycles. The SMILES string of the molecule is CCOC(=O)N=[SH](C)(O)Cc1cccc(Nc2ncnc(-c3ccccc3OCc3ccc(F)cc3)n2)c1. The fourth-order valence-electron chi connectivity index (χ4n) is 3.59. The van der Waals surface area contributed by atoms with E-state index in [0.717, 1.165) is 11.1 Å². The van der Waals surface area contributed by atoms with Crippen molar-refractivity contribution in [3.05, 3.63) is 96.1 Å². The van der Waals surface area contributed by atoms with Gasteiger partial charge in [-0.1, -0.05) is 46.5 Å². The average molecular weight is 538 g/mol. The smallest absolute Gasteiger partial charge is 0.439 e. The summed E-state index contributed by atoms with van der Waals surface area (Å²) in [7, 11) is -2.89. The maximum absolute atomic E-state index is 13.2. The number of benzene rings is 3. The molecule has 3 aromatic carbocycles. The second-order valence-electron chi connectivity index (χ2n) is 8.41. The number of carbonyl (C=O) groups excluding carboxylic acids is 1. The van der Waals surface area contributed by atoms with Gasteiger partial charge in [0.1, 0.15) is 24.5 Å². The first-order chi connectivity index (χ1) is 18.3. The van der Waals surface area contributed by atoms with Crippen LogP contribution >= 0.6 is 0 Å². The van der Waals surface area contributed by atoms with Crippen LogP contribution in [0.4, 0.5) is 20.8 Å². The first kappa shape index (κ1) is 26.8. The minimum absolute atomic E-state index is 0.195. The van der Waals surface area contributed by atoms with Gasteiger partial charge in [0.2, 0.25) is 5.95 Å². The zero-order valence-corrected chi connectivity index (χ0v) is 21.8. The maximum atomic E-state index is 13.2. The fourth-order valence-corrected chi connectivity index (χ4v) is 4.96. The molecule has 38 heavy (non-hydrogen) atoms. The molecule has 0 aliphatic heterocycles. The van der Waals surface area contributed by atoms with Gasteiger partial charge in [0, 0.05) is 11.4 Å². The van der Waals surface area contributed by atoms with E-state index < -0.39 is 16.2 Å². The van der Waals surface area contributed by atoms with Crippen molar-refractivity contribution in [2.24, 2.45) is 4.36 Å². The fraction of sp³-hybridized carbons (Fsp3) is 0.185. The highest BCUT2D eigenvalue weighted by Gasteiger charge is 2.12. The number of ether oxygens (including phenoxy) is 2. The molecule has 4 rings (SSSR count). The van der Waals surface area contributed by atoms with E-state index >= 15 is 0 Å². The molecule has 0 unspecified atom stereocenters. The number of carbonyl (C=O) groups is 1. The van der Waals surface area contributed by atoms with Crippen LogP contribution in [0.1, 0.15) is 18.1 Å². The van der Waals surface area contributed by atoms with Crippen LogP contribution in [0.25, 0.3) is 11.4 Å². The van der Waals surface area contributed by atoms with Crippen LogP contribution in [0.2, 0.25) is 0 Å². The van der Waals surface area contributed by atoms with Crippen LogP contribution in [0.5, 0.6) is 5.75 Å². The largest absolute Gasteiger partial charge is 0.488 e. The lowest BCUT2D eigenvalue weighted by molar-refractivity contribution is 0.164. The van der Waals surface area contributed by atoms with Crippen LogP contribution in [0.3, 0.4) is 0 Å². The number of anilines is 2. The van der Waals surface area contributed by atoms with Crippen LogP contribution in [0, 0.1) is 5.82 Å². The van der Waals surface area contributed by atoms with E-state index in [4.69, 9.17) is 9.47 Å². The Morgan fingerprint density at radius 1 is 1.05 bits per heavy atom. The molecular weight excluding hydrogens is 509 g/mol. The number of nitrogens with one attached hydrogen (secondary N) is 1. The molecule has 0 radical (unpaired) electrons. The molecule has 4 aromatic rings. The molecule has 9 nitrogen and oxygen atoms in total. The van der Waals surface area contributed by atoms with Gasteiger partial charge in [-0.25, -0.2) is 19.2 Å². The van der Waals surface area contributed by atoms with Crippen molar-refractivity contribution < 1.29 is 23.2 Å². The number of nitrogens with zero attached hydrogens (tertiary/aromatic N) is 4. The van der Waals surface area contributed by atoms with Crippen LogP contribution in [-0.2, 0) is 27.2 Å². The normalized spacial score (nSPS) is 11.5. The zero-order chi connectivity index (χ0) is 27.0. The minimum Gasteiger partial charge on any atom is -0.488 e. The van der Waals surface area contributed by atoms with E-state index in [2.05, 4.69) is 24.6 Å². The van der Waals surface area contributed by atoms with E-state index in [1.165, 1.54) is 18.5 Å². The summed E-state index contributed by atoms with van der Waals surface area (Å²) in [6.07, 6.45) is 2.19. The molecule has 0 bridgehead atoms. The van der Waals surface area contributed by atoms with Crippen LogP contribution in [-0.4, -0.2) is 38.5 Å². The van der Waals surface area contributed by atoms with E-state index in [-0.39, 0.29) is 24.8 Å². The first-order valence-electron chi connectivity index (χ1n) is 11.8. The number of hydrogen-bond acceptors (Lipinski definition) is 7. The molecule has 1 amide bonds. The summed E-state index contributed by atoms with van der Waals surface area (Å²) in [6, 6.07) is 20.8. The standard InChI is InChI=1S/C27H28FN5O4S/c1-3-36-27(34)33-38(2,35)17-20-7-6-8-22(15-20)31-26-30-18-29-25(32-26)23-9-4-5-10-24(23)37-16-19-11-13-21(28)14-12-19/h4-15,18,38H,3,16-17H2,1-2H3,(H,33,34,35)(H,29,30,31,32). The molecule has 0 atom stereocenters. The summed E-state index contributed by atoms with van der Waals surface area (Å²) in [5, 5.41) is 3.15. The lowest BCUT2D eigenvalue weighted by Gasteiger charge is -2.18. The number of thiol groups is 1. The molecule has 0 aliphatic carbocycles. The Labute approximate surface area is 221 Å². The van der Waals surface area contributed by atoms with Gasteiger partial charge < -0.3 is 19.3 Å². The number of rotatable bonds is 9. The topological polar surface area (TPSA) is 119 Å². The van der Waals surface area contributed by atoms with Gasteiger partial charge in [-0.3, -0.25) is 0 Å². The third-order valence-electron chi connectivity index (χ3n) is 5.24. The molecule has 0 saturated carbocycles. The molecule has 2 N–H and O–H groups in total. The Morgan fingerprint density at radius 3 is 2.63 bits per heavy atom. The molecule has 0 spiro atoms. The van der Waals surface area contributed by atoms with E-state index in [0.29, 0.717) is 28.8 Å². The summed E-state index contributed by atoms with van der Waals surface area (Å²) in [4.78, 5) is 24.8. The minimum atomic E-state index is -2.89. The summed E-state index contributed by atoms with van der Waals surface area (Å²) in [6.45, 7) is 2.14. The molecule has 198 valence electrons. The highest BCUT2D eigenvalue weighted by Crippen LogP contribution is 2.28. The van der Waals surface area contributed by atoms with Crippen molar-refractivity contribution in [2.45, 2.75) is 19.3 Å². The molecular formula is C27H28FN5O4S. The predicted octanol–water partition coefficient (Wildman–Crippen LogP) is 5.83. The Morgan fingerprint density at radius 2 is 1.84 bits per heavy atom. The summed E-state index contributed by atoms with van der Waals surface area (Å²) >= 11 is 0. The maximum Gasteiger partial charge on any atom is 0.439 e. The Balaban J connectivity index is 1.49. The number of hydrogen-bond donors (Lipinski definition) is 3. The van der Waals surface area contributed by atoms with Gasteiger partial charge in [-0.2, -0.15) is 9.35 Å². The van der Waals surface area contributed by atoms with Gasteiger partial charge in [0.15, 0.2) is 5.82 Å². The second-order valence-corrected chi connectivity index (χ2v) is 11.1. The number of aromatic nitrogens is 3. The van der Waals surface area contributed by atoms with E-state index in [9.17, 15) is 13.7 Å². The van der Waals surface area contributed by atoms with Crippen molar-refractivity contribution in [3.8, 4) is 17.1 Å². The van der Waals surface area contributed by atoms with E-state index in [1.54, 1.807) is 25.3 Å². The van der Waals surface area contributed by atoms with Gasteiger partial charge in [0.25, 0.3) is 0 Å². The van der Waals surface area contributed by atoms with Gasteiger partial charge >= 0.3 is 6.09 Å². The Kier molecular flexibility index (Phi) is 8.72. The van der Waals surface area contributed by atoms with Crippen molar-refractivity contribution in [1.82, 2.24) is 15.0 Å². The van der Waals surface area contributed by atoms with E-state index in [1.807, 2.05) is 48.5 Å². The van der Waals surface area contributed by atoms with Crippen molar-refractivity contribution in [2.75, 3.05) is 18.2 Å². The summed E-state index contributed by atoms with van der Waals surface area (Å²) in [5.74, 6) is 1.22. The van der Waals surface area contributed by atoms with Crippen LogP contribution in [0.15, 0.2) is 83.5 Å². The lowest BCUT2D eigenvalue weighted by Crippen LogP contribution is -2.14. The third kappa shape index (κ3) is 7.64. The quantitative estimate of drug-likeness (QED) is 0.228. The van der Waals surface area contributed by atoms with Crippen molar-refractivity contribution in [1.29, 1.82) is 0 Å². The van der Waals surface area contributed by atoms with Crippen molar-refractivity contribution in [3.63, 3.8) is 0 Å². The van der Waals surface area contributed by atoms with Gasteiger partial charge in [-0.05, 0) is 60.7 Å². The first-order valence-corrected chi connectivity index (χ1v) is 14.1. The molecule has 11 heteroatoms. The highest BCUT2D eigenvalue weighted by molar-refractivity contribution is 7.98. The number of halogens is 1. The average Bonchev–Trinajstić information content (AvgIpc) is 2.88. The molecule has 1 heterocycles. The Hall–Kier alpha value is -4.22. The summed E-state index contributed by atoms with van der Waals surface area (Å²) < 4.78 is 38.4. The predicted molar refractivity (Wildman–Crippen MR) is 146 cm³/mol. The third-order valence-corrected chi connectivity index (χ3v) is 6.80. The van der Waals surface area contributed by atoms with Crippen LogP contribution < -0.4 is 10.1 Å². The number of para-hydroxylation sites is 1. The molecule has 1 aromatic heterocycles. The van der Waals surface area contributed by atoms with Gasteiger partial charge in [-0.15, -0.1) is 0 Å². The zero-order valence-electron chi connectivity index (χ0n) is 20.9. The van der Waals surface area contributed by atoms with Crippen molar-refractivity contribution >= 4 is 27.8 Å². The monoisotopic (exact) mass is 537 g/mol. The lowest BCUT2D eigenvalue weighted by atomic mass is 10.2. The molecule has 0 fully saturated rings. The van der Waals surface area contributed by atoms with Gasteiger partial charge in [0.05, 0.1) is 12.2 Å².